The molecule has 1 spiro atoms. The van der Waals surface area contributed by atoms with E-state index in [0.29, 0.717) is 6.42 Å². The number of ether oxygens (including phenoxy) is 1. The number of esters is 1. The standard InChI is InChI=1S/C11H16N2O4/c1-6-4-10(2,8(15)17-3)5-11(6)7(14)12-9(16)13-11/h6H,4-5H2,1-3H3,(H2,12,13,14,16)/t6-,10+,11+/m0/s1. The summed E-state index contributed by atoms with van der Waals surface area (Å²) in [6.45, 7) is 3.63. The van der Waals surface area contributed by atoms with Gasteiger partial charge >= 0.3 is 12.0 Å². The molecule has 0 radical (unpaired) electrons. The molecule has 0 aromatic heterocycles. The molecular weight excluding hydrogens is 224 g/mol. The minimum Gasteiger partial charge on any atom is -0.469 e. The van der Waals surface area contributed by atoms with Crippen LogP contribution in [0.1, 0.15) is 26.7 Å². The van der Waals surface area contributed by atoms with Crippen LogP contribution in [0, 0.1) is 11.3 Å². The van der Waals surface area contributed by atoms with E-state index in [-0.39, 0.29) is 24.2 Å². The van der Waals surface area contributed by atoms with Gasteiger partial charge in [0.25, 0.3) is 5.91 Å². The second-order valence-electron chi connectivity index (χ2n) is 5.21. The fraction of sp³-hybridized carbons (Fsp3) is 0.727. The minimum absolute atomic E-state index is 0.0990. The van der Waals surface area contributed by atoms with Crippen LogP contribution in [-0.2, 0) is 14.3 Å². The predicted octanol–water partition coefficient (Wildman–Crippen LogP) is 0.174. The highest BCUT2D eigenvalue weighted by atomic mass is 16.5. The van der Waals surface area contributed by atoms with Gasteiger partial charge in [-0.2, -0.15) is 0 Å². The van der Waals surface area contributed by atoms with Crippen LogP contribution in [0.2, 0.25) is 0 Å². The van der Waals surface area contributed by atoms with E-state index in [9.17, 15) is 14.4 Å². The minimum atomic E-state index is -0.958. The van der Waals surface area contributed by atoms with E-state index in [4.69, 9.17) is 4.74 Å². The van der Waals surface area contributed by atoms with Gasteiger partial charge < -0.3 is 10.1 Å². The summed E-state index contributed by atoms with van der Waals surface area (Å²) in [5, 5.41) is 4.89. The van der Waals surface area contributed by atoms with Crippen molar-refractivity contribution in [2.75, 3.05) is 7.11 Å². The van der Waals surface area contributed by atoms with Crippen molar-refractivity contribution >= 4 is 17.9 Å². The molecule has 1 aliphatic carbocycles. The van der Waals surface area contributed by atoms with Crippen LogP contribution in [0.25, 0.3) is 0 Å². The molecule has 0 aromatic rings. The van der Waals surface area contributed by atoms with Crippen LogP contribution in [0.15, 0.2) is 0 Å². The van der Waals surface area contributed by atoms with Gasteiger partial charge in [0.05, 0.1) is 12.5 Å². The first-order valence-electron chi connectivity index (χ1n) is 5.56. The number of urea groups is 1. The Bertz CT molecular complexity index is 408. The zero-order valence-corrected chi connectivity index (χ0v) is 10.1. The molecule has 1 aliphatic heterocycles. The summed E-state index contributed by atoms with van der Waals surface area (Å²) in [5.74, 6) is -0.782. The molecule has 2 aliphatic rings. The lowest BCUT2D eigenvalue weighted by molar-refractivity contribution is -0.151. The molecule has 94 valence electrons. The molecule has 6 heteroatoms. The number of hydrogen-bond acceptors (Lipinski definition) is 4. The Hall–Kier alpha value is -1.59. The molecule has 0 aromatic carbocycles. The topological polar surface area (TPSA) is 84.5 Å². The molecule has 2 N–H and O–H groups in total. The predicted molar refractivity (Wildman–Crippen MR) is 57.9 cm³/mol. The lowest BCUT2D eigenvalue weighted by Gasteiger charge is -2.26. The maximum atomic E-state index is 11.9. The molecular formula is C11H16N2O4. The Morgan fingerprint density at radius 1 is 1.47 bits per heavy atom. The van der Waals surface area contributed by atoms with Crippen molar-refractivity contribution in [1.82, 2.24) is 10.6 Å². The number of hydrogen-bond donors (Lipinski definition) is 2. The molecule has 6 nitrogen and oxygen atoms in total. The van der Waals surface area contributed by atoms with Gasteiger partial charge in [-0.1, -0.05) is 6.92 Å². The number of nitrogens with one attached hydrogen (secondary N) is 2. The van der Waals surface area contributed by atoms with Gasteiger partial charge in [-0.3, -0.25) is 14.9 Å². The third-order valence-corrected chi connectivity index (χ3v) is 3.91. The molecule has 17 heavy (non-hydrogen) atoms. The highest BCUT2D eigenvalue weighted by molar-refractivity contribution is 6.08. The quantitative estimate of drug-likeness (QED) is 0.505. The van der Waals surface area contributed by atoms with Crippen LogP contribution in [0.5, 0.6) is 0 Å². The van der Waals surface area contributed by atoms with Crippen molar-refractivity contribution < 1.29 is 19.1 Å². The SMILES string of the molecule is COC(=O)[C@]1(C)C[C@H](C)[C@@]2(C1)NC(=O)NC2=O. The third-order valence-electron chi connectivity index (χ3n) is 3.91. The van der Waals surface area contributed by atoms with Crippen LogP contribution in [-0.4, -0.2) is 30.6 Å². The van der Waals surface area contributed by atoms with Gasteiger partial charge in [-0.25, -0.2) is 4.79 Å². The zero-order chi connectivity index (χ0) is 12.8. The molecule has 1 heterocycles. The lowest BCUT2D eigenvalue weighted by Crippen LogP contribution is -2.49. The Morgan fingerprint density at radius 3 is 2.59 bits per heavy atom. The molecule has 2 fully saturated rings. The first kappa shape index (κ1) is 11.9. The summed E-state index contributed by atoms with van der Waals surface area (Å²) in [6.07, 6.45) is 0.804. The molecule has 3 atom stereocenters. The maximum absolute atomic E-state index is 11.9. The second-order valence-corrected chi connectivity index (χ2v) is 5.21. The molecule has 1 saturated carbocycles. The Kier molecular flexibility index (Phi) is 2.41. The Labute approximate surface area is 99.1 Å². The van der Waals surface area contributed by atoms with Gasteiger partial charge in [-0.05, 0) is 25.7 Å². The second kappa shape index (κ2) is 3.45. The van der Waals surface area contributed by atoms with E-state index in [0.717, 1.165) is 0 Å². The monoisotopic (exact) mass is 240 g/mol. The van der Waals surface area contributed by atoms with E-state index in [1.165, 1.54) is 7.11 Å². The molecule has 3 amide bonds. The van der Waals surface area contributed by atoms with E-state index >= 15 is 0 Å². The largest absolute Gasteiger partial charge is 0.469 e. The lowest BCUT2D eigenvalue weighted by atomic mass is 9.85. The molecule has 2 rings (SSSR count). The van der Waals surface area contributed by atoms with Crippen LogP contribution < -0.4 is 10.6 Å². The normalized spacial score (nSPS) is 40.3. The Morgan fingerprint density at radius 2 is 2.12 bits per heavy atom. The van der Waals surface area contributed by atoms with E-state index in [1.807, 2.05) is 6.92 Å². The molecule has 0 unspecified atom stereocenters. The zero-order valence-electron chi connectivity index (χ0n) is 10.1. The maximum Gasteiger partial charge on any atom is 0.322 e. The summed E-state index contributed by atoms with van der Waals surface area (Å²) in [6, 6.07) is -0.490. The van der Waals surface area contributed by atoms with Crippen molar-refractivity contribution in [2.45, 2.75) is 32.2 Å². The number of imide groups is 1. The summed E-state index contributed by atoms with van der Waals surface area (Å²) >= 11 is 0. The van der Waals surface area contributed by atoms with Crippen molar-refractivity contribution in [3.63, 3.8) is 0 Å². The first-order valence-corrected chi connectivity index (χ1v) is 5.56. The molecule has 0 bridgehead atoms. The van der Waals surface area contributed by atoms with Crippen LogP contribution in [0.3, 0.4) is 0 Å². The Balaban J connectivity index is 2.32. The van der Waals surface area contributed by atoms with Crippen molar-refractivity contribution in [3.8, 4) is 0 Å². The highest BCUT2D eigenvalue weighted by Crippen LogP contribution is 2.49. The number of carbonyl (C=O) groups excluding carboxylic acids is 3. The fourth-order valence-corrected chi connectivity index (χ4v) is 3.09. The fourth-order valence-electron chi connectivity index (χ4n) is 3.09. The first-order chi connectivity index (χ1) is 7.84. The summed E-state index contributed by atoms with van der Waals surface area (Å²) in [4.78, 5) is 34.9. The average Bonchev–Trinajstić information content (AvgIpc) is 2.66. The van der Waals surface area contributed by atoms with Crippen molar-refractivity contribution in [3.05, 3.63) is 0 Å². The van der Waals surface area contributed by atoms with Gasteiger partial charge in [0.15, 0.2) is 0 Å². The molecule has 1 saturated heterocycles. The van der Waals surface area contributed by atoms with Crippen LogP contribution >= 0.6 is 0 Å². The van der Waals surface area contributed by atoms with Crippen molar-refractivity contribution in [1.29, 1.82) is 0 Å². The highest BCUT2D eigenvalue weighted by Gasteiger charge is 2.61. The number of amides is 3. The third kappa shape index (κ3) is 1.50. The van der Waals surface area contributed by atoms with E-state index < -0.39 is 17.0 Å². The van der Waals surface area contributed by atoms with Crippen molar-refractivity contribution in [2.24, 2.45) is 11.3 Å². The van der Waals surface area contributed by atoms with E-state index in [1.54, 1.807) is 6.92 Å². The van der Waals surface area contributed by atoms with Gasteiger partial charge in [0.1, 0.15) is 5.54 Å². The average molecular weight is 240 g/mol. The number of methoxy groups -OCH3 is 1. The van der Waals surface area contributed by atoms with Gasteiger partial charge in [0, 0.05) is 0 Å². The number of rotatable bonds is 1. The van der Waals surface area contributed by atoms with Crippen LogP contribution in [0.4, 0.5) is 4.79 Å². The van der Waals surface area contributed by atoms with Gasteiger partial charge in [-0.15, -0.1) is 0 Å². The van der Waals surface area contributed by atoms with E-state index in [2.05, 4.69) is 10.6 Å². The summed E-state index contributed by atoms with van der Waals surface area (Å²) < 4.78 is 4.77. The summed E-state index contributed by atoms with van der Waals surface area (Å²) in [7, 11) is 1.33. The van der Waals surface area contributed by atoms with Gasteiger partial charge in [0.2, 0.25) is 0 Å². The number of carbonyl (C=O) groups is 3. The smallest absolute Gasteiger partial charge is 0.322 e. The summed E-state index contributed by atoms with van der Waals surface area (Å²) in [5.41, 5.74) is -1.68.